The fraction of sp³-hybridized carbons (Fsp3) is 0.333. The third-order valence-corrected chi connectivity index (χ3v) is 2.80. The zero-order valence-electron chi connectivity index (χ0n) is 11.0. The molecule has 1 aromatic carbocycles. The highest BCUT2D eigenvalue weighted by molar-refractivity contribution is 5.40. The lowest BCUT2D eigenvalue weighted by atomic mass is 10.0. The molecule has 1 heterocycles. The highest BCUT2D eigenvalue weighted by atomic mass is 16.5. The number of para-hydroxylation sites is 1. The van der Waals surface area contributed by atoms with Crippen molar-refractivity contribution in [3.63, 3.8) is 0 Å². The van der Waals surface area contributed by atoms with E-state index in [-0.39, 0.29) is 12.1 Å². The van der Waals surface area contributed by atoms with Crippen LogP contribution in [0.1, 0.15) is 36.8 Å². The number of nitrogens with two attached hydrogens (primary N) is 1. The largest absolute Gasteiger partial charge is 0.491 e. The Morgan fingerprint density at radius 3 is 2.50 bits per heavy atom. The lowest BCUT2D eigenvalue weighted by molar-refractivity contribution is 0.238. The Morgan fingerprint density at radius 2 is 1.89 bits per heavy atom. The van der Waals surface area contributed by atoms with Gasteiger partial charge < -0.3 is 14.9 Å². The zero-order chi connectivity index (χ0) is 13.1. The Kier molecular flexibility index (Phi) is 3.72. The SMILES string of the molecule is Cc1ccoc1C(N)c1ccccc1OC(C)C. The van der Waals surface area contributed by atoms with E-state index in [0.717, 1.165) is 22.6 Å². The molecule has 0 aliphatic carbocycles. The maximum Gasteiger partial charge on any atom is 0.128 e. The molecule has 0 saturated carbocycles. The van der Waals surface area contributed by atoms with E-state index < -0.39 is 0 Å². The van der Waals surface area contributed by atoms with Gasteiger partial charge in [0.25, 0.3) is 0 Å². The van der Waals surface area contributed by atoms with Gasteiger partial charge in [-0.15, -0.1) is 0 Å². The molecule has 0 aliphatic rings. The second-order valence-corrected chi connectivity index (χ2v) is 4.65. The van der Waals surface area contributed by atoms with E-state index >= 15 is 0 Å². The summed E-state index contributed by atoms with van der Waals surface area (Å²) < 4.78 is 11.2. The monoisotopic (exact) mass is 245 g/mol. The highest BCUT2D eigenvalue weighted by Gasteiger charge is 2.18. The number of furan rings is 1. The molecule has 1 atom stereocenters. The van der Waals surface area contributed by atoms with Crippen LogP contribution >= 0.6 is 0 Å². The molecule has 1 unspecified atom stereocenters. The Morgan fingerprint density at radius 1 is 1.17 bits per heavy atom. The standard InChI is InChI=1S/C15H19NO2/c1-10(2)18-13-7-5-4-6-12(13)14(16)15-11(3)8-9-17-15/h4-10,14H,16H2,1-3H3. The summed E-state index contributed by atoms with van der Waals surface area (Å²) in [5.74, 6) is 1.60. The van der Waals surface area contributed by atoms with Crippen molar-refractivity contribution in [2.75, 3.05) is 0 Å². The van der Waals surface area contributed by atoms with Gasteiger partial charge >= 0.3 is 0 Å². The van der Waals surface area contributed by atoms with Crippen molar-refractivity contribution < 1.29 is 9.15 Å². The van der Waals surface area contributed by atoms with Crippen LogP contribution in [-0.2, 0) is 0 Å². The van der Waals surface area contributed by atoms with Gasteiger partial charge in [-0.05, 0) is 38.5 Å². The molecular formula is C15H19NO2. The minimum atomic E-state index is -0.296. The number of aryl methyl sites for hydroxylation is 1. The van der Waals surface area contributed by atoms with Crippen molar-refractivity contribution in [1.29, 1.82) is 0 Å². The molecule has 0 spiro atoms. The summed E-state index contributed by atoms with van der Waals surface area (Å²) in [4.78, 5) is 0. The van der Waals surface area contributed by atoms with Crippen LogP contribution in [0, 0.1) is 6.92 Å². The lowest BCUT2D eigenvalue weighted by Gasteiger charge is -2.18. The molecule has 2 N–H and O–H groups in total. The average Bonchev–Trinajstić information content (AvgIpc) is 2.74. The van der Waals surface area contributed by atoms with E-state index in [9.17, 15) is 0 Å². The van der Waals surface area contributed by atoms with Crippen LogP contribution in [0.5, 0.6) is 5.75 Å². The summed E-state index contributed by atoms with van der Waals surface area (Å²) in [6.45, 7) is 5.99. The zero-order valence-corrected chi connectivity index (χ0v) is 11.0. The van der Waals surface area contributed by atoms with Gasteiger partial charge in [0.2, 0.25) is 0 Å². The molecule has 1 aromatic heterocycles. The maximum atomic E-state index is 6.26. The first-order chi connectivity index (χ1) is 8.59. The van der Waals surface area contributed by atoms with Gasteiger partial charge in [0.1, 0.15) is 11.5 Å². The highest BCUT2D eigenvalue weighted by Crippen LogP contribution is 2.30. The summed E-state index contributed by atoms with van der Waals surface area (Å²) in [5, 5.41) is 0. The first-order valence-corrected chi connectivity index (χ1v) is 6.14. The van der Waals surface area contributed by atoms with Crippen LogP contribution in [0.3, 0.4) is 0 Å². The first-order valence-electron chi connectivity index (χ1n) is 6.14. The van der Waals surface area contributed by atoms with Crippen molar-refractivity contribution in [3.8, 4) is 5.75 Å². The van der Waals surface area contributed by atoms with Crippen LogP contribution in [0.4, 0.5) is 0 Å². The topological polar surface area (TPSA) is 48.4 Å². The Hall–Kier alpha value is -1.74. The van der Waals surface area contributed by atoms with Crippen molar-refractivity contribution >= 4 is 0 Å². The number of benzene rings is 1. The number of hydrogen-bond acceptors (Lipinski definition) is 3. The molecule has 0 saturated heterocycles. The molecule has 0 radical (unpaired) electrons. The summed E-state index contributed by atoms with van der Waals surface area (Å²) in [7, 11) is 0. The Balaban J connectivity index is 2.36. The van der Waals surface area contributed by atoms with Crippen molar-refractivity contribution in [3.05, 3.63) is 53.5 Å². The molecule has 18 heavy (non-hydrogen) atoms. The molecular weight excluding hydrogens is 226 g/mol. The number of rotatable bonds is 4. The minimum absolute atomic E-state index is 0.121. The van der Waals surface area contributed by atoms with Gasteiger partial charge in [-0.2, -0.15) is 0 Å². The third-order valence-electron chi connectivity index (χ3n) is 2.80. The van der Waals surface area contributed by atoms with E-state index in [1.165, 1.54) is 0 Å². The van der Waals surface area contributed by atoms with Gasteiger partial charge in [-0.3, -0.25) is 0 Å². The molecule has 3 heteroatoms. The Labute approximate surface area is 108 Å². The lowest BCUT2D eigenvalue weighted by Crippen LogP contribution is -2.15. The Bertz CT molecular complexity index is 517. The smallest absolute Gasteiger partial charge is 0.128 e. The molecule has 0 amide bonds. The second kappa shape index (κ2) is 5.27. The van der Waals surface area contributed by atoms with Crippen molar-refractivity contribution in [2.45, 2.75) is 32.9 Å². The van der Waals surface area contributed by atoms with Gasteiger partial charge in [0, 0.05) is 5.56 Å². The van der Waals surface area contributed by atoms with Crippen LogP contribution < -0.4 is 10.5 Å². The van der Waals surface area contributed by atoms with Crippen LogP contribution in [0.2, 0.25) is 0 Å². The number of hydrogen-bond donors (Lipinski definition) is 1. The normalized spacial score (nSPS) is 12.7. The number of ether oxygens (including phenoxy) is 1. The van der Waals surface area contributed by atoms with Gasteiger partial charge in [-0.25, -0.2) is 0 Å². The first kappa shape index (κ1) is 12.7. The van der Waals surface area contributed by atoms with E-state index in [0.29, 0.717) is 0 Å². The molecule has 3 nitrogen and oxygen atoms in total. The van der Waals surface area contributed by atoms with Gasteiger partial charge in [0.05, 0.1) is 18.4 Å². The summed E-state index contributed by atoms with van der Waals surface area (Å²) >= 11 is 0. The summed E-state index contributed by atoms with van der Waals surface area (Å²) in [5.41, 5.74) is 8.27. The average molecular weight is 245 g/mol. The second-order valence-electron chi connectivity index (χ2n) is 4.65. The fourth-order valence-electron chi connectivity index (χ4n) is 1.94. The van der Waals surface area contributed by atoms with E-state index in [1.54, 1.807) is 6.26 Å². The van der Waals surface area contributed by atoms with Crippen molar-refractivity contribution in [1.82, 2.24) is 0 Å². The third kappa shape index (κ3) is 2.57. The predicted octanol–water partition coefficient (Wildman–Crippen LogP) is 3.42. The molecule has 96 valence electrons. The van der Waals surface area contributed by atoms with E-state index in [2.05, 4.69) is 0 Å². The van der Waals surface area contributed by atoms with Crippen LogP contribution in [-0.4, -0.2) is 6.10 Å². The summed E-state index contributed by atoms with van der Waals surface area (Å²) in [6, 6.07) is 9.44. The minimum Gasteiger partial charge on any atom is -0.491 e. The van der Waals surface area contributed by atoms with Gasteiger partial charge in [-0.1, -0.05) is 18.2 Å². The van der Waals surface area contributed by atoms with Crippen LogP contribution in [0.25, 0.3) is 0 Å². The van der Waals surface area contributed by atoms with Crippen LogP contribution in [0.15, 0.2) is 41.0 Å². The molecule has 0 bridgehead atoms. The maximum absolute atomic E-state index is 6.26. The molecule has 0 aliphatic heterocycles. The molecule has 2 aromatic rings. The van der Waals surface area contributed by atoms with Gasteiger partial charge in [0.15, 0.2) is 0 Å². The quantitative estimate of drug-likeness (QED) is 0.897. The van der Waals surface area contributed by atoms with E-state index in [1.807, 2.05) is 51.1 Å². The van der Waals surface area contributed by atoms with Crippen molar-refractivity contribution in [2.24, 2.45) is 5.73 Å². The molecule has 0 fully saturated rings. The molecule has 2 rings (SSSR count). The fourth-order valence-corrected chi connectivity index (χ4v) is 1.94. The predicted molar refractivity (Wildman–Crippen MR) is 71.7 cm³/mol. The summed E-state index contributed by atoms with van der Waals surface area (Å²) in [6.07, 6.45) is 1.78. The van der Waals surface area contributed by atoms with E-state index in [4.69, 9.17) is 14.9 Å².